The molecule has 0 N–H and O–H groups in total. The Balaban J connectivity index is 3.28. The molecule has 1 rings (SSSR count). The van der Waals surface area contributed by atoms with Gasteiger partial charge in [0.05, 0.1) is 5.02 Å². The van der Waals surface area contributed by atoms with Crippen LogP contribution in [0.3, 0.4) is 0 Å². The molecule has 0 amide bonds. The van der Waals surface area contributed by atoms with Crippen LogP contribution in [0.1, 0.15) is 15.9 Å². The third-order valence-electron chi connectivity index (χ3n) is 1.75. The van der Waals surface area contributed by atoms with Gasteiger partial charge in [-0.3, -0.25) is 4.79 Å². The molecular weight excluding hydrogens is 236 g/mol. The normalized spacial score (nSPS) is 11.6. The molecule has 0 aliphatic rings. The first-order chi connectivity index (χ1) is 6.73. The number of Topliss-reactive ketones (excluding diaryl/α,β-unsaturated/α-hetero) is 1. The van der Waals surface area contributed by atoms with Crippen LogP contribution in [0.15, 0.2) is 12.1 Å². The number of halogens is 5. The molecule has 0 fully saturated rings. The van der Waals surface area contributed by atoms with E-state index in [4.69, 9.17) is 11.6 Å². The summed E-state index contributed by atoms with van der Waals surface area (Å²) in [6.45, 7) is 1.25. The van der Waals surface area contributed by atoms with E-state index in [1.807, 2.05) is 0 Å². The number of carbonyl (C=O) groups excluding carboxylic acids is 1. The Morgan fingerprint density at radius 2 is 1.87 bits per heavy atom. The van der Waals surface area contributed by atoms with Gasteiger partial charge < -0.3 is 0 Å². The average Bonchev–Trinajstić information content (AvgIpc) is 2.08. The van der Waals surface area contributed by atoms with Gasteiger partial charge in [0.25, 0.3) is 5.78 Å². The summed E-state index contributed by atoms with van der Waals surface area (Å²) < 4.78 is 49.0. The summed E-state index contributed by atoms with van der Waals surface area (Å²) in [4.78, 5) is 10.8. The smallest absolute Gasteiger partial charge is 0.284 e. The molecule has 82 valence electrons. The minimum absolute atomic E-state index is 0.0630. The van der Waals surface area contributed by atoms with Crippen molar-refractivity contribution in [3.8, 4) is 0 Å². The lowest BCUT2D eigenvalue weighted by Gasteiger charge is -2.08. The monoisotopic (exact) mass is 240 g/mol. The summed E-state index contributed by atoms with van der Waals surface area (Å²) in [5.74, 6) is -2.82. The second-order valence-electron chi connectivity index (χ2n) is 2.91. The van der Waals surface area contributed by atoms with Crippen LogP contribution in [0, 0.1) is 12.7 Å². The van der Waals surface area contributed by atoms with Crippen LogP contribution in [-0.2, 0) is 0 Å². The van der Waals surface area contributed by atoms with Gasteiger partial charge in [0.15, 0.2) is 0 Å². The zero-order valence-corrected chi connectivity index (χ0v) is 8.21. The number of benzene rings is 1. The lowest BCUT2D eigenvalue weighted by Crippen LogP contribution is -2.23. The number of ketones is 1. The minimum atomic E-state index is -5.01. The van der Waals surface area contributed by atoms with E-state index < -0.39 is 28.4 Å². The molecule has 0 spiro atoms. The molecule has 1 aromatic rings. The first-order valence-corrected chi connectivity index (χ1v) is 4.18. The number of rotatable bonds is 1. The van der Waals surface area contributed by atoms with Crippen molar-refractivity contribution in [1.29, 1.82) is 0 Å². The van der Waals surface area contributed by atoms with E-state index in [1.54, 1.807) is 0 Å². The quantitative estimate of drug-likeness (QED) is 0.542. The van der Waals surface area contributed by atoms with Gasteiger partial charge in [0.2, 0.25) is 0 Å². The van der Waals surface area contributed by atoms with E-state index in [0.29, 0.717) is 6.07 Å². The average molecular weight is 241 g/mol. The Hall–Kier alpha value is -1.10. The van der Waals surface area contributed by atoms with Gasteiger partial charge in [0.1, 0.15) is 5.82 Å². The molecule has 0 saturated heterocycles. The Labute approximate surface area is 87.7 Å². The molecule has 0 saturated carbocycles. The highest BCUT2D eigenvalue weighted by atomic mass is 35.5. The largest absolute Gasteiger partial charge is 0.454 e. The maximum Gasteiger partial charge on any atom is 0.454 e. The van der Waals surface area contributed by atoms with E-state index in [2.05, 4.69) is 0 Å². The molecule has 15 heavy (non-hydrogen) atoms. The van der Waals surface area contributed by atoms with Gasteiger partial charge >= 0.3 is 6.18 Å². The first kappa shape index (κ1) is 12.0. The molecule has 1 nitrogen and oxygen atoms in total. The van der Waals surface area contributed by atoms with Crippen molar-refractivity contribution in [3.63, 3.8) is 0 Å². The van der Waals surface area contributed by atoms with E-state index in [-0.39, 0.29) is 5.56 Å². The van der Waals surface area contributed by atoms with Crippen LogP contribution < -0.4 is 0 Å². The molecule has 6 heteroatoms. The third kappa shape index (κ3) is 2.47. The van der Waals surface area contributed by atoms with Crippen molar-refractivity contribution in [1.82, 2.24) is 0 Å². The summed E-state index contributed by atoms with van der Waals surface area (Å²) in [6.07, 6.45) is -5.01. The number of hydrogen-bond acceptors (Lipinski definition) is 1. The lowest BCUT2D eigenvalue weighted by molar-refractivity contribution is -0.0885. The number of aryl methyl sites for hydroxylation is 1. The second-order valence-corrected chi connectivity index (χ2v) is 3.32. The van der Waals surface area contributed by atoms with Gasteiger partial charge in [-0.15, -0.1) is 0 Å². The predicted molar refractivity (Wildman–Crippen MR) is 46.5 cm³/mol. The van der Waals surface area contributed by atoms with Crippen LogP contribution in [0.25, 0.3) is 0 Å². The van der Waals surface area contributed by atoms with Crippen LogP contribution in [0.5, 0.6) is 0 Å². The molecule has 0 aliphatic carbocycles. The summed E-state index contributed by atoms with van der Waals surface area (Å²) in [5.41, 5.74) is -0.796. The van der Waals surface area contributed by atoms with Crippen LogP contribution in [-0.4, -0.2) is 12.0 Å². The fraction of sp³-hybridized carbons (Fsp3) is 0.222. The highest BCUT2D eigenvalue weighted by molar-refractivity contribution is 6.34. The molecular formula is C9H5ClF4O. The van der Waals surface area contributed by atoms with Gasteiger partial charge in [-0.05, 0) is 24.6 Å². The number of carbonyl (C=O) groups is 1. The summed E-state index contributed by atoms with van der Waals surface area (Å²) >= 11 is 5.34. The molecule has 0 bridgehead atoms. The Morgan fingerprint density at radius 1 is 1.33 bits per heavy atom. The maximum atomic E-state index is 12.8. The number of alkyl halides is 3. The topological polar surface area (TPSA) is 17.1 Å². The highest BCUT2D eigenvalue weighted by Gasteiger charge is 2.40. The SMILES string of the molecule is Cc1cc(C(=O)C(F)(F)F)c(Cl)cc1F. The Bertz CT molecular complexity index is 411. The molecule has 1 aromatic carbocycles. The maximum absolute atomic E-state index is 12.8. The molecule has 0 radical (unpaired) electrons. The Kier molecular flexibility index (Phi) is 3.04. The van der Waals surface area contributed by atoms with E-state index >= 15 is 0 Å². The lowest BCUT2D eigenvalue weighted by atomic mass is 10.1. The molecule has 0 aliphatic heterocycles. The minimum Gasteiger partial charge on any atom is -0.284 e. The van der Waals surface area contributed by atoms with Crippen LogP contribution in [0.2, 0.25) is 5.02 Å². The zero-order chi connectivity index (χ0) is 11.8. The van der Waals surface area contributed by atoms with Crippen molar-refractivity contribution in [2.75, 3.05) is 0 Å². The zero-order valence-electron chi connectivity index (χ0n) is 7.45. The third-order valence-corrected chi connectivity index (χ3v) is 2.06. The van der Waals surface area contributed by atoms with Gasteiger partial charge in [-0.25, -0.2) is 4.39 Å². The summed E-state index contributed by atoms with van der Waals surface area (Å²) in [5, 5.41) is -0.541. The second kappa shape index (κ2) is 3.81. The van der Waals surface area contributed by atoms with Crippen molar-refractivity contribution < 1.29 is 22.4 Å². The summed E-state index contributed by atoms with van der Waals surface area (Å²) in [6, 6.07) is 1.48. The van der Waals surface area contributed by atoms with Crippen molar-refractivity contribution >= 4 is 17.4 Å². The van der Waals surface area contributed by atoms with Crippen molar-refractivity contribution in [2.45, 2.75) is 13.1 Å². The highest BCUT2D eigenvalue weighted by Crippen LogP contribution is 2.27. The van der Waals surface area contributed by atoms with E-state index in [1.165, 1.54) is 6.92 Å². The fourth-order valence-corrected chi connectivity index (χ4v) is 1.22. The fourth-order valence-electron chi connectivity index (χ4n) is 0.984. The predicted octanol–water partition coefficient (Wildman–Crippen LogP) is 3.53. The van der Waals surface area contributed by atoms with Crippen molar-refractivity contribution in [2.24, 2.45) is 0 Å². The summed E-state index contributed by atoms with van der Waals surface area (Å²) in [7, 11) is 0. The van der Waals surface area contributed by atoms with Crippen LogP contribution >= 0.6 is 11.6 Å². The molecule has 0 heterocycles. The van der Waals surface area contributed by atoms with Crippen LogP contribution in [0.4, 0.5) is 17.6 Å². The van der Waals surface area contributed by atoms with E-state index in [0.717, 1.165) is 6.07 Å². The Morgan fingerprint density at radius 3 is 2.33 bits per heavy atom. The molecule has 0 aromatic heterocycles. The first-order valence-electron chi connectivity index (χ1n) is 3.80. The van der Waals surface area contributed by atoms with Crippen molar-refractivity contribution in [3.05, 3.63) is 34.1 Å². The van der Waals surface area contributed by atoms with Gasteiger partial charge in [0, 0.05) is 5.56 Å². The molecule has 0 unspecified atom stereocenters. The van der Waals surface area contributed by atoms with E-state index in [9.17, 15) is 22.4 Å². The standard InChI is InChI=1S/C9H5ClF4O/c1-4-2-5(6(10)3-7(4)11)8(15)9(12,13)14/h2-3H,1H3. The van der Waals surface area contributed by atoms with Gasteiger partial charge in [-0.1, -0.05) is 11.6 Å². The van der Waals surface area contributed by atoms with Gasteiger partial charge in [-0.2, -0.15) is 13.2 Å². The number of hydrogen-bond donors (Lipinski definition) is 0. The molecule has 0 atom stereocenters.